The van der Waals surface area contributed by atoms with E-state index in [2.05, 4.69) is 0 Å². The highest BCUT2D eigenvalue weighted by molar-refractivity contribution is 5.96. The fourth-order valence-corrected chi connectivity index (χ4v) is 3.57. The smallest absolute Gasteiger partial charge is 0.383 e. The molecule has 1 unspecified atom stereocenters. The van der Waals surface area contributed by atoms with Crippen molar-refractivity contribution in [3.8, 4) is 0 Å². The Bertz CT molecular complexity index is 598. The Balaban J connectivity index is 1.53. The van der Waals surface area contributed by atoms with Gasteiger partial charge < -0.3 is 10.0 Å². The van der Waals surface area contributed by atoms with E-state index in [0.717, 1.165) is 17.7 Å². The maximum atomic E-state index is 12.6. The number of piperidine rings is 1. The summed E-state index contributed by atoms with van der Waals surface area (Å²) in [7, 11) is 0. The number of anilines is 1. The van der Waals surface area contributed by atoms with Crippen LogP contribution in [0.1, 0.15) is 18.4 Å². The minimum Gasteiger partial charge on any atom is -0.383 e. The van der Waals surface area contributed by atoms with Crippen molar-refractivity contribution in [3.63, 3.8) is 0 Å². The molecule has 1 saturated heterocycles. The lowest BCUT2D eigenvalue weighted by Gasteiger charge is -2.35. The lowest BCUT2D eigenvalue weighted by molar-refractivity contribution is -0.223. The van der Waals surface area contributed by atoms with Crippen molar-refractivity contribution in [2.45, 2.75) is 31.5 Å². The summed E-state index contributed by atoms with van der Waals surface area (Å²) in [6.45, 7) is 1.67. The molecule has 24 heavy (non-hydrogen) atoms. The Morgan fingerprint density at radius 3 is 2.54 bits per heavy atom. The van der Waals surface area contributed by atoms with Crippen LogP contribution in [0.4, 0.5) is 18.9 Å². The standard InChI is InChI=1S/C17H21F3N2O2/c18-17(19,20)16(24)13-5-8-21(9-6-13)11-15(23)22-10-7-12-3-1-2-4-14(12)22/h1-4,13,16,24H,5-11H2. The zero-order valence-corrected chi connectivity index (χ0v) is 13.3. The van der Waals surface area contributed by atoms with Crippen LogP contribution in [0.15, 0.2) is 24.3 Å². The Hall–Kier alpha value is -1.60. The number of hydrogen-bond donors (Lipinski definition) is 1. The molecular formula is C17H21F3N2O2. The summed E-state index contributed by atoms with van der Waals surface area (Å²) in [6.07, 6.45) is -5.49. The van der Waals surface area contributed by atoms with Crippen molar-refractivity contribution >= 4 is 11.6 Å². The molecular weight excluding hydrogens is 321 g/mol. The Kier molecular flexibility index (Phi) is 4.83. The maximum Gasteiger partial charge on any atom is 0.414 e. The fourth-order valence-electron chi connectivity index (χ4n) is 3.57. The zero-order chi connectivity index (χ0) is 17.3. The molecule has 2 aliphatic heterocycles. The molecule has 0 aliphatic carbocycles. The minimum absolute atomic E-state index is 0.0187. The van der Waals surface area contributed by atoms with E-state index in [-0.39, 0.29) is 25.3 Å². The predicted octanol–water partition coefficient (Wildman–Crippen LogP) is 2.21. The lowest BCUT2D eigenvalue weighted by atomic mass is 9.91. The molecule has 2 heterocycles. The highest BCUT2D eigenvalue weighted by atomic mass is 19.4. The second kappa shape index (κ2) is 6.72. The fraction of sp³-hybridized carbons (Fsp3) is 0.588. The largest absolute Gasteiger partial charge is 0.414 e. The third-order valence-corrected chi connectivity index (χ3v) is 4.96. The van der Waals surface area contributed by atoms with Crippen LogP contribution in [0.2, 0.25) is 0 Å². The van der Waals surface area contributed by atoms with Gasteiger partial charge in [0.2, 0.25) is 5.91 Å². The van der Waals surface area contributed by atoms with Crippen molar-refractivity contribution in [1.82, 2.24) is 4.90 Å². The summed E-state index contributed by atoms with van der Waals surface area (Å²) in [6, 6.07) is 7.77. The number of aliphatic hydroxyl groups is 1. The summed E-state index contributed by atoms with van der Waals surface area (Å²) in [4.78, 5) is 16.1. The topological polar surface area (TPSA) is 43.8 Å². The van der Waals surface area contributed by atoms with Crippen LogP contribution in [0.25, 0.3) is 0 Å². The van der Waals surface area contributed by atoms with Gasteiger partial charge in [0, 0.05) is 12.2 Å². The van der Waals surface area contributed by atoms with Gasteiger partial charge in [-0.05, 0) is 49.9 Å². The number of alkyl halides is 3. The Morgan fingerprint density at radius 2 is 1.88 bits per heavy atom. The van der Waals surface area contributed by atoms with E-state index in [1.165, 1.54) is 0 Å². The number of amides is 1. The molecule has 1 aromatic carbocycles. The quantitative estimate of drug-likeness (QED) is 0.916. The molecule has 0 aromatic heterocycles. The molecule has 0 saturated carbocycles. The van der Waals surface area contributed by atoms with Crippen molar-refractivity contribution in [2.75, 3.05) is 31.1 Å². The van der Waals surface area contributed by atoms with Crippen molar-refractivity contribution in [2.24, 2.45) is 5.92 Å². The number of hydrogen-bond acceptors (Lipinski definition) is 3. The van der Waals surface area contributed by atoms with Crippen molar-refractivity contribution in [1.29, 1.82) is 0 Å². The van der Waals surface area contributed by atoms with E-state index in [1.54, 1.807) is 4.90 Å². The van der Waals surface area contributed by atoms with E-state index in [1.807, 2.05) is 29.2 Å². The van der Waals surface area contributed by atoms with Gasteiger partial charge in [-0.1, -0.05) is 18.2 Å². The average Bonchev–Trinajstić information content (AvgIpc) is 2.98. The molecule has 4 nitrogen and oxygen atoms in total. The monoisotopic (exact) mass is 342 g/mol. The Morgan fingerprint density at radius 1 is 1.21 bits per heavy atom. The van der Waals surface area contributed by atoms with E-state index in [4.69, 9.17) is 0 Å². The van der Waals surface area contributed by atoms with E-state index >= 15 is 0 Å². The number of carbonyl (C=O) groups is 1. The molecule has 2 aliphatic rings. The molecule has 132 valence electrons. The summed E-state index contributed by atoms with van der Waals surface area (Å²) < 4.78 is 37.7. The number of para-hydroxylation sites is 1. The molecule has 1 atom stereocenters. The van der Waals surface area contributed by atoms with Gasteiger partial charge in [-0.25, -0.2) is 0 Å². The summed E-state index contributed by atoms with van der Waals surface area (Å²) in [5, 5.41) is 9.34. The van der Waals surface area contributed by atoms with E-state index < -0.39 is 18.2 Å². The first-order chi connectivity index (χ1) is 11.4. The van der Waals surface area contributed by atoms with Crippen LogP contribution >= 0.6 is 0 Å². The third-order valence-electron chi connectivity index (χ3n) is 4.96. The third kappa shape index (κ3) is 3.57. The van der Waals surface area contributed by atoms with Crippen LogP contribution in [0.5, 0.6) is 0 Å². The number of fused-ring (bicyclic) bond motifs is 1. The number of carbonyl (C=O) groups excluding carboxylic acids is 1. The van der Waals surface area contributed by atoms with Gasteiger partial charge in [-0.3, -0.25) is 9.69 Å². The molecule has 1 fully saturated rings. The van der Waals surface area contributed by atoms with Crippen LogP contribution in [0.3, 0.4) is 0 Å². The molecule has 1 N–H and O–H groups in total. The first-order valence-corrected chi connectivity index (χ1v) is 8.21. The SMILES string of the molecule is O=C(CN1CCC(C(O)C(F)(F)F)CC1)N1CCc2ccccc21. The summed E-state index contributed by atoms with van der Waals surface area (Å²) in [5.41, 5.74) is 2.09. The van der Waals surface area contributed by atoms with Crippen LogP contribution in [-0.4, -0.2) is 54.4 Å². The van der Waals surface area contributed by atoms with Gasteiger partial charge in [-0.15, -0.1) is 0 Å². The van der Waals surface area contributed by atoms with E-state index in [9.17, 15) is 23.1 Å². The van der Waals surface area contributed by atoms with Gasteiger partial charge in [0.15, 0.2) is 6.10 Å². The molecule has 0 radical (unpaired) electrons. The molecule has 1 aromatic rings. The predicted molar refractivity (Wildman–Crippen MR) is 83.7 cm³/mol. The van der Waals surface area contributed by atoms with Crippen molar-refractivity contribution < 1.29 is 23.1 Å². The number of rotatable bonds is 3. The molecule has 0 spiro atoms. The number of nitrogens with zero attached hydrogens (tertiary/aromatic N) is 2. The maximum absolute atomic E-state index is 12.6. The van der Waals surface area contributed by atoms with Crippen LogP contribution in [0, 0.1) is 5.92 Å². The van der Waals surface area contributed by atoms with Crippen molar-refractivity contribution in [3.05, 3.63) is 29.8 Å². The Labute approximate surface area is 138 Å². The van der Waals surface area contributed by atoms with E-state index in [0.29, 0.717) is 19.6 Å². The second-order valence-corrected chi connectivity index (χ2v) is 6.52. The number of aliphatic hydroxyl groups excluding tert-OH is 1. The van der Waals surface area contributed by atoms with Crippen LogP contribution < -0.4 is 4.90 Å². The minimum atomic E-state index is -4.57. The average molecular weight is 342 g/mol. The summed E-state index contributed by atoms with van der Waals surface area (Å²) >= 11 is 0. The highest BCUT2D eigenvalue weighted by Gasteiger charge is 2.44. The van der Waals surface area contributed by atoms with Crippen LogP contribution in [-0.2, 0) is 11.2 Å². The lowest BCUT2D eigenvalue weighted by Crippen LogP contribution is -2.46. The van der Waals surface area contributed by atoms with Gasteiger partial charge in [0.25, 0.3) is 0 Å². The summed E-state index contributed by atoms with van der Waals surface area (Å²) in [5.74, 6) is -0.793. The van der Waals surface area contributed by atoms with Gasteiger partial charge in [-0.2, -0.15) is 13.2 Å². The molecule has 3 rings (SSSR count). The number of likely N-dealkylation sites (tertiary alicyclic amines) is 1. The normalized spacial score (nSPS) is 20.9. The first-order valence-electron chi connectivity index (χ1n) is 8.21. The first kappa shape index (κ1) is 17.2. The molecule has 0 bridgehead atoms. The molecule has 1 amide bonds. The second-order valence-electron chi connectivity index (χ2n) is 6.52. The highest BCUT2D eigenvalue weighted by Crippen LogP contribution is 2.32. The van der Waals surface area contributed by atoms with Gasteiger partial charge in [0.1, 0.15) is 0 Å². The zero-order valence-electron chi connectivity index (χ0n) is 13.3. The molecule has 7 heteroatoms. The van der Waals surface area contributed by atoms with Gasteiger partial charge >= 0.3 is 6.18 Å². The number of benzene rings is 1. The van der Waals surface area contributed by atoms with Gasteiger partial charge in [0.05, 0.1) is 6.54 Å². The number of halogens is 3.